The number of rotatable bonds is 33. The number of carboxylic acid groups (broad SMARTS) is 1. The average Bonchev–Trinajstić information content (AvgIpc) is 4.16. The highest BCUT2D eigenvalue weighted by molar-refractivity contribution is 7.90. The van der Waals surface area contributed by atoms with E-state index in [1.165, 1.54) is 14.2 Å². The summed E-state index contributed by atoms with van der Waals surface area (Å²) in [6.45, 7) is 16.0. The van der Waals surface area contributed by atoms with Crippen LogP contribution in [0.4, 0.5) is 0 Å². The maximum atomic E-state index is 14.7. The normalized spacial score (nSPS) is 19.5. The van der Waals surface area contributed by atoms with Gasteiger partial charge in [-0.05, 0) is 68.9 Å². The third kappa shape index (κ3) is 19.0. The number of ether oxygens (including phenoxy) is 4. The van der Waals surface area contributed by atoms with Crippen LogP contribution in [0, 0.1) is 29.6 Å². The van der Waals surface area contributed by atoms with Crippen molar-refractivity contribution in [3.05, 3.63) is 35.9 Å². The van der Waals surface area contributed by atoms with Crippen LogP contribution in [0.5, 0.6) is 0 Å². The van der Waals surface area contributed by atoms with Gasteiger partial charge in [-0.15, -0.1) is 0 Å². The zero-order valence-electron chi connectivity index (χ0n) is 47.6. The summed E-state index contributed by atoms with van der Waals surface area (Å²) in [6.07, 6.45) is 2.29. The minimum atomic E-state index is -3.89. The highest BCUT2D eigenvalue weighted by Gasteiger charge is 2.44. The number of methoxy groups -OCH3 is 2. The van der Waals surface area contributed by atoms with Gasteiger partial charge in [-0.3, -0.25) is 43.2 Å². The molecule has 1 aromatic rings. The second-order valence-electron chi connectivity index (χ2n) is 21.9. The number of nitrogens with zero attached hydrogens (tertiary/aromatic N) is 4. The average molecular weight is 1110 g/mol. The van der Waals surface area contributed by atoms with Crippen molar-refractivity contribution < 1.29 is 66.0 Å². The zero-order chi connectivity index (χ0) is 57.1. The number of aliphatic carboxylic acids is 1. The van der Waals surface area contributed by atoms with Gasteiger partial charge in [0, 0.05) is 53.9 Å². The summed E-state index contributed by atoms with van der Waals surface area (Å²) >= 11 is 0. The van der Waals surface area contributed by atoms with E-state index in [1.807, 2.05) is 59.6 Å². The second kappa shape index (κ2) is 31.2. The minimum absolute atomic E-state index is 0.0499. The van der Waals surface area contributed by atoms with E-state index >= 15 is 0 Å². The second-order valence-corrected chi connectivity index (χ2v) is 23.9. The Morgan fingerprint density at radius 2 is 1.40 bits per heavy atom. The van der Waals surface area contributed by atoms with E-state index in [9.17, 15) is 47.1 Å². The topological polar surface area (TPSA) is 260 Å². The Hall–Kier alpha value is -4.74. The molecule has 3 aliphatic rings. The van der Waals surface area contributed by atoms with Crippen molar-refractivity contribution in [3.63, 3.8) is 0 Å². The monoisotopic (exact) mass is 1110 g/mol. The van der Waals surface area contributed by atoms with E-state index in [0.717, 1.165) is 5.56 Å². The minimum Gasteiger partial charge on any atom is -0.481 e. The number of piperidine rings is 1. The van der Waals surface area contributed by atoms with Gasteiger partial charge < -0.3 is 49.4 Å². The first-order chi connectivity index (χ1) is 36.5. The summed E-state index contributed by atoms with van der Waals surface area (Å²) < 4.78 is 51.2. The number of amides is 6. The molecular formula is C55H91N7O14S. The molecule has 1 saturated carbocycles. The SMILES string of the molecule is CC[C@H](C)[C@@H]([C@@H](CC(=O)N1CCC[C@H]1[C@H](OC)[C@@H](C)C(=O)N[C@@H](Cc1ccccc1)C(=O)NS(=O)(=O)C1CC1)OC)N(C)C(=O)[C@@H](NC(=O)[C@H](C(C)C)N(C)CCOCCOCCC(=O)N1CCC(C(=O)O)CC1)C(C)C. The standard InChI is InChI=1S/C55H91N7O14S/c1-12-37(6)49(60(9)54(68)47(35(2)3)57-53(67)48(36(4)5)59(8)28-30-76-32-31-75-29-24-45(63)61-26-22-40(23-27-61)55(69)70)44(73-10)34-46(64)62-25-16-19-43(62)50(74-11)38(7)51(65)56-42(33-39-17-14-13-15-18-39)52(66)58-77(71,72)41-20-21-41/h13-15,17-18,35-38,40-44,47-50H,12,16,19-34H2,1-11H3,(H,56,65)(H,57,67)(H,58,66)(H,69,70)/t37-,38+,42-,43-,44+,47-,48-,49-,50+/m0/s1. The smallest absolute Gasteiger partial charge is 0.306 e. The number of carboxylic acids is 1. The highest BCUT2D eigenvalue weighted by Crippen LogP contribution is 2.31. The molecule has 1 aliphatic carbocycles. The number of likely N-dealkylation sites (N-methyl/N-ethyl adjacent to an activating group) is 2. The fourth-order valence-electron chi connectivity index (χ4n) is 10.7. The molecule has 2 saturated heterocycles. The summed E-state index contributed by atoms with van der Waals surface area (Å²) in [7, 11) is 2.60. The Morgan fingerprint density at radius 3 is 1.96 bits per heavy atom. The van der Waals surface area contributed by atoms with Crippen LogP contribution in [0.15, 0.2) is 30.3 Å². The summed E-state index contributed by atoms with van der Waals surface area (Å²) in [6, 6.07) is 5.18. The third-order valence-corrected chi connectivity index (χ3v) is 17.4. The predicted octanol–water partition coefficient (Wildman–Crippen LogP) is 3.09. The van der Waals surface area contributed by atoms with E-state index in [-0.39, 0.29) is 80.5 Å². The molecule has 436 valence electrons. The molecule has 21 nitrogen and oxygen atoms in total. The zero-order valence-corrected chi connectivity index (χ0v) is 48.4. The Kier molecular flexibility index (Phi) is 26.2. The van der Waals surface area contributed by atoms with E-state index in [1.54, 1.807) is 52.9 Å². The van der Waals surface area contributed by atoms with Crippen molar-refractivity contribution in [3.8, 4) is 0 Å². The molecule has 1 aromatic carbocycles. The van der Waals surface area contributed by atoms with Crippen LogP contribution in [0.25, 0.3) is 0 Å². The number of hydrogen-bond donors (Lipinski definition) is 4. The first kappa shape index (κ1) is 64.8. The Balaban J connectivity index is 1.35. The van der Waals surface area contributed by atoms with Gasteiger partial charge in [-0.1, -0.05) is 85.2 Å². The summed E-state index contributed by atoms with van der Waals surface area (Å²) in [5.41, 5.74) is 0.723. The number of sulfonamides is 1. The van der Waals surface area contributed by atoms with Crippen molar-refractivity contribution in [2.75, 3.05) is 80.9 Å². The van der Waals surface area contributed by atoms with Gasteiger partial charge >= 0.3 is 5.97 Å². The maximum Gasteiger partial charge on any atom is 0.306 e. The number of likely N-dealkylation sites (tertiary alicyclic amines) is 2. The van der Waals surface area contributed by atoms with Crippen molar-refractivity contribution in [2.24, 2.45) is 29.6 Å². The molecule has 4 rings (SSSR count). The van der Waals surface area contributed by atoms with Gasteiger partial charge in [0.25, 0.3) is 5.91 Å². The van der Waals surface area contributed by atoms with Gasteiger partial charge in [0.2, 0.25) is 39.6 Å². The fourth-order valence-corrected chi connectivity index (χ4v) is 12.0. The lowest BCUT2D eigenvalue weighted by Gasteiger charge is -2.41. The lowest BCUT2D eigenvalue weighted by Crippen LogP contribution is -2.60. The number of hydrogen-bond acceptors (Lipinski definition) is 14. The lowest BCUT2D eigenvalue weighted by atomic mass is 9.89. The Bertz CT molecular complexity index is 2190. The van der Waals surface area contributed by atoms with Gasteiger partial charge in [-0.2, -0.15) is 0 Å². The van der Waals surface area contributed by atoms with E-state index < -0.39 is 87.3 Å². The highest BCUT2D eigenvalue weighted by atomic mass is 32.2. The van der Waals surface area contributed by atoms with E-state index in [2.05, 4.69) is 15.4 Å². The van der Waals surface area contributed by atoms with Crippen molar-refractivity contribution in [2.45, 2.75) is 160 Å². The molecule has 2 aliphatic heterocycles. The first-order valence-electron chi connectivity index (χ1n) is 27.7. The number of nitrogens with one attached hydrogen (secondary N) is 3. The lowest BCUT2D eigenvalue weighted by molar-refractivity contribution is -0.148. The van der Waals surface area contributed by atoms with Gasteiger partial charge in [0.15, 0.2) is 0 Å². The van der Waals surface area contributed by atoms with Crippen molar-refractivity contribution in [1.29, 1.82) is 0 Å². The van der Waals surface area contributed by atoms with Crippen molar-refractivity contribution in [1.82, 2.24) is 35.0 Å². The largest absolute Gasteiger partial charge is 0.481 e. The Morgan fingerprint density at radius 1 is 0.766 bits per heavy atom. The van der Waals surface area contributed by atoms with Crippen LogP contribution in [-0.2, 0) is 69.0 Å². The number of carbonyl (C=O) groups excluding carboxylic acids is 6. The number of benzene rings is 1. The fraction of sp³-hybridized carbons (Fsp3) is 0.764. The molecule has 6 amide bonds. The molecule has 0 aromatic heterocycles. The van der Waals surface area contributed by atoms with Crippen LogP contribution < -0.4 is 15.4 Å². The molecule has 2 heterocycles. The molecule has 3 fully saturated rings. The summed E-state index contributed by atoms with van der Waals surface area (Å²) in [4.78, 5) is 102. The van der Waals surface area contributed by atoms with Crippen LogP contribution in [0.3, 0.4) is 0 Å². The van der Waals surface area contributed by atoms with Crippen LogP contribution >= 0.6 is 0 Å². The maximum absolute atomic E-state index is 14.7. The third-order valence-electron chi connectivity index (χ3n) is 15.6. The van der Waals surface area contributed by atoms with Gasteiger partial charge in [0.1, 0.15) is 12.1 Å². The molecular weight excluding hydrogens is 1010 g/mol. The van der Waals surface area contributed by atoms with Crippen molar-refractivity contribution >= 4 is 51.4 Å². The first-order valence-corrected chi connectivity index (χ1v) is 29.2. The summed E-state index contributed by atoms with van der Waals surface area (Å²) in [5.74, 6) is -4.96. The van der Waals surface area contributed by atoms with E-state index in [0.29, 0.717) is 77.7 Å². The molecule has 0 spiro atoms. The molecule has 0 radical (unpaired) electrons. The van der Waals surface area contributed by atoms with Crippen LogP contribution in [0.2, 0.25) is 0 Å². The predicted molar refractivity (Wildman–Crippen MR) is 290 cm³/mol. The summed E-state index contributed by atoms with van der Waals surface area (Å²) in [5, 5.41) is 14.4. The van der Waals surface area contributed by atoms with Gasteiger partial charge in [-0.25, -0.2) is 8.42 Å². The quantitative estimate of drug-likeness (QED) is 0.0738. The molecule has 22 heteroatoms. The van der Waals surface area contributed by atoms with Gasteiger partial charge in [0.05, 0.1) is 86.7 Å². The number of carbonyl (C=O) groups is 7. The molecule has 77 heavy (non-hydrogen) atoms. The van der Waals surface area contributed by atoms with Crippen LogP contribution in [0.1, 0.15) is 112 Å². The molecule has 0 unspecified atom stereocenters. The molecule has 4 N–H and O–H groups in total. The molecule has 0 bridgehead atoms. The molecule has 9 atom stereocenters. The van der Waals surface area contributed by atoms with E-state index in [4.69, 9.17) is 18.9 Å². The Labute approximate surface area is 457 Å². The van der Waals surface area contributed by atoms with Crippen LogP contribution in [-0.4, -0.2) is 203 Å².